The second-order valence-corrected chi connectivity index (χ2v) is 6.25. The van der Waals surface area contributed by atoms with Crippen molar-refractivity contribution in [2.24, 2.45) is 11.1 Å². The number of carbonyl (C=O) groups is 2. The van der Waals surface area contributed by atoms with Gasteiger partial charge >= 0.3 is 5.97 Å². The smallest absolute Gasteiger partial charge is 0.303 e. The zero-order valence-electron chi connectivity index (χ0n) is 11.0. The number of rotatable bonds is 6. The molecule has 5 nitrogen and oxygen atoms in total. The summed E-state index contributed by atoms with van der Waals surface area (Å²) in [7, 11) is 0. The monoisotopic (exact) mass is 340 g/mol. The maximum atomic E-state index is 11.4. The third-order valence-electron chi connectivity index (χ3n) is 3.84. The Hall–Kier alpha value is -1.56. The van der Waals surface area contributed by atoms with Crippen molar-refractivity contribution < 1.29 is 14.7 Å². The number of carbonyl (C=O) groups excluding carboxylic acids is 1. The van der Waals surface area contributed by atoms with Gasteiger partial charge in [0.05, 0.1) is 12.0 Å². The molecular weight excluding hydrogens is 324 g/mol. The topological polar surface area (TPSA) is 92.4 Å². The molecule has 0 heterocycles. The van der Waals surface area contributed by atoms with Gasteiger partial charge in [0.15, 0.2) is 0 Å². The van der Waals surface area contributed by atoms with Gasteiger partial charge in [0, 0.05) is 16.7 Å². The van der Waals surface area contributed by atoms with Gasteiger partial charge in [-0.1, -0.05) is 22.4 Å². The zero-order chi connectivity index (χ0) is 14.8. The maximum Gasteiger partial charge on any atom is 0.303 e. The van der Waals surface area contributed by atoms with Crippen LogP contribution in [0.15, 0.2) is 22.7 Å². The van der Waals surface area contributed by atoms with Crippen molar-refractivity contribution in [2.75, 3.05) is 11.9 Å². The molecule has 0 saturated heterocycles. The highest BCUT2D eigenvalue weighted by Gasteiger charge is 2.38. The van der Waals surface area contributed by atoms with E-state index in [1.165, 1.54) is 0 Å². The van der Waals surface area contributed by atoms with Crippen molar-refractivity contribution in [1.82, 2.24) is 0 Å². The van der Waals surface area contributed by atoms with E-state index >= 15 is 0 Å². The second kappa shape index (κ2) is 5.83. The van der Waals surface area contributed by atoms with Crippen LogP contribution in [0.3, 0.4) is 0 Å². The molecule has 0 aliphatic heterocycles. The van der Waals surface area contributed by atoms with Crippen LogP contribution in [0.1, 0.15) is 36.0 Å². The minimum absolute atomic E-state index is 0.155. The van der Waals surface area contributed by atoms with Crippen LogP contribution in [0.2, 0.25) is 0 Å². The number of amides is 1. The van der Waals surface area contributed by atoms with E-state index in [-0.39, 0.29) is 11.8 Å². The molecule has 1 fully saturated rings. The van der Waals surface area contributed by atoms with E-state index in [4.69, 9.17) is 10.8 Å². The van der Waals surface area contributed by atoms with Crippen molar-refractivity contribution >= 4 is 33.5 Å². The predicted molar refractivity (Wildman–Crippen MR) is 79.7 cm³/mol. The molecule has 1 aromatic carbocycles. The Kier molecular flexibility index (Phi) is 4.32. The summed E-state index contributed by atoms with van der Waals surface area (Å²) in [4.78, 5) is 22.4. The summed E-state index contributed by atoms with van der Waals surface area (Å²) in [6.45, 7) is 0.543. The molecule has 20 heavy (non-hydrogen) atoms. The molecule has 4 N–H and O–H groups in total. The molecule has 1 aliphatic carbocycles. The van der Waals surface area contributed by atoms with E-state index in [2.05, 4.69) is 21.2 Å². The minimum Gasteiger partial charge on any atom is -0.481 e. The van der Waals surface area contributed by atoms with Crippen LogP contribution in [0, 0.1) is 5.41 Å². The Bertz CT molecular complexity index is 541. The summed E-state index contributed by atoms with van der Waals surface area (Å²) >= 11 is 3.30. The van der Waals surface area contributed by atoms with Gasteiger partial charge in [0.2, 0.25) is 0 Å². The lowest BCUT2D eigenvalue weighted by Gasteiger charge is -2.41. The van der Waals surface area contributed by atoms with E-state index in [9.17, 15) is 9.59 Å². The number of anilines is 1. The summed E-state index contributed by atoms with van der Waals surface area (Å²) < 4.78 is 0.778. The highest BCUT2D eigenvalue weighted by Crippen LogP contribution is 2.44. The molecule has 0 aromatic heterocycles. The van der Waals surface area contributed by atoms with Crippen LogP contribution in [0.25, 0.3) is 0 Å². The molecular formula is C14H17BrN2O3. The first-order valence-electron chi connectivity index (χ1n) is 6.47. The van der Waals surface area contributed by atoms with Gasteiger partial charge in [0.1, 0.15) is 0 Å². The van der Waals surface area contributed by atoms with Crippen molar-refractivity contribution in [3.8, 4) is 0 Å². The molecule has 0 bridgehead atoms. The van der Waals surface area contributed by atoms with Gasteiger partial charge in [0.25, 0.3) is 5.91 Å². The van der Waals surface area contributed by atoms with Gasteiger partial charge < -0.3 is 16.2 Å². The third kappa shape index (κ3) is 3.30. The van der Waals surface area contributed by atoms with Crippen LogP contribution < -0.4 is 11.1 Å². The number of hydrogen-bond acceptors (Lipinski definition) is 3. The molecule has 1 aromatic rings. The number of carboxylic acids is 1. The summed E-state index contributed by atoms with van der Waals surface area (Å²) in [6, 6.07) is 5.26. The first-order chi connectivity index (χ1) is 9.42. The quantitative estimate of drug-likeness (QED) is 0.742. The lowest BCUT2D eigenvalue weighted by molar-refractivity contribution is -0.141. The Balaban J connectivity index is 2.10. The van der Waals surface area contributed by atoms with Crippen LogP contribution >= 0.6 is 15.9 Å². The maximum absolute atomic E-state index is 11.4. The van der Waals surface area contributed by atoms with Crippen molar-refractivity contribution in [3.05, 3.63) is 28.2 Å². The molecule has 1 aliphatic rings. The van der Waals surface area contributed by atoms with Crippen molar-refractivity contribution in [2.45, 2.75) is 25.7 Å². The number of benzene rings is 1. The first kappa shape index (κ1) is 14.8. The molecule has 1 saturated carbocycles. The van der Waals surface area contributed by atoms with E-state index in [1.54, 1.807) is 12.1 Å². The Morgan fingerprint density at radius 2 is 2.10 bits per heavy atom. The van der Waals surface area contributed by atoms with Crippen LogP contribution in [-0.4, -0.2) is 23.5 Å². The molecule has 2 rings (SSSR count). The standard InChI is InChI=1S/C14H17BrN2O3/c15-9-2-3-11(10(6-9)13(16)20)17-8-14(4-1-5-14)7-12(18)19/h2-3,6,17H,1,4-5,7-8H2,(H2,16,20)(H,18,19). The third-order valence-corrected chi connectivity index (χ3v) is 4.33. The molecule has 0 spiro atoms. The summed E-state index contributed by atoms with van der Waals surface area (Å²) in [5, 5.41) is 12.2. The average Bonchev–Trinajstić information content (AvgIpc) is 2.33. The molecule has 0 unspecified atom stereocenters. The number of carboxylic acid groups (broad SMARTS) is 1. The van der Waals surface area contributed by atoms with E-state index in [0.717, 1.165) is 23.7 Å². The fraction of sp³-hybridized carbons (Fsp3) is 0.429. The van der Waals surface area contributed by atoms with Gasteiger partial charge in [-0.3, -0.25) is 9.59 Å². The second-order valence-electron chi connectivity index (χ2n) is 5.33. The lowest BCUT2D eigenvalue weighted by Crippen LogP contribution is -2.38. The predicted octanol–water partition coefficient (Wildman–Crippen LogP) is 2.60. The van der Waals surface area contributed by atoms with Crippen LogP contribution in [0.4, 0.5) is 5.69 Å². The SMILES string of the molecule is NC(=O)c1cc(Br)ccc1NCC1(CC(=O)O)CCC1. The fourth-order valence-corrected chi connectivity index (χ4v) is 2.93. The normalized spacial score (nSPS) is 16.2. The largest absolute Gasteiger partial charge is 0.481 e. The summed E-state index contributed by atoms with van der Waals surface area (Å²) in [5.41, 5.74) is 6.21. The van der Waals surface area contributed by atoms with Gasteiger partial charge in [-0.2, -0.15) is 0 Å². The van der Waals surface area contributed by atoms with Gasteiger partial charge in [-0.15, -0.1) is 0 Å². The van der Waals surface area contributed by atoms with Crippen molar-refractivity contribution in [1.29, 1.82) is 0 Å². The van der Waals surface area contributed by atoms with Crippen molar-refractivity contribution in [3.63, 3.8) is 0 Å². The number of halogens is 1. The highest BCUT2D eigenvalue weighted by molar-refractivity contribution is 9.10. The number of primary amides is 1. The molecule has 6 heteroatoms. The van der Waals surface area contributed by atoms with E-state index < -0.39 is 11.9 Å². The first-order valence-corrected chi connectivity index (χ1v) is 7.26. The van der Waals surface area contributed by atoms with Crippen LogP contribution in [0.5, 0.6) is 0 Å². The van der Waals surface area contributed by atoms with Gasteiger partial charge in [-0.05, 0) is 36.5 Å². The molecule has 0 radical (unpaired) electrons. The van der Waals surface area contributed by atoms with Crippen LogP contribution in [-0.2, 0) is 4.79 Å². The highest BCUT2D eigenvalue weighted by atomic mass is 79.9. The Labute approximate surface area is 125 Å². The summed E-state index contributed by atoms with van der Waals surface area (Å²) in [5.74, 6) is -1.29. The number of nitrogens with one attached hydrogen (secondary N) is 1. The molecule has 108 valence electrons. The zero-order valence-corrected chi connectivity index (χ0v) is 12.6. The van der Waals surface area contributed by atoms with Gasteiger partial charge in [-0.25, -0.2) is 0 Å². The average molecular weight is 341 g/mol. The Morgan fingerprint density at radius 1 is 1.40 bits per heavy atom. The molecule has 0 atom stereocenters. The molecule has 1 amide bonds. The Morgan fingerprint density at radius 3 is 2.60 bits per heavy atom. The van der Waals surface area contributed by atoms with E-state index in [0.29, 0.717) is 17.8 Å². The van der Waals surface area contributed by atoms with E-state index in [1.807, 2.05) is 6.07 Å². The summed E-state index contributed by atoms with van der Waals surface area (Å²) in [6.07, 6.45) is 3.00. The number of hydrogen-bond donors (Lipinski definition) is 3. The lowest BCUT2D eigenvalue weighted by atomic mass is 9.66. The minimum atomic E-state index is -0.780. The fourth-order valence-electron chi connectivity index (χ4n) is 2.57. The number of aliphatic carboxylic acids is 1. The number of nitrogens with two attached hydrogens (primary N) is 1.